The molecule has 6 nitrogen and oxygen atoms in total. The highest BCUT2D eigenvalue weighted by molar-refractivity contribution is 6.61. The van der Waals surface area contributed by atoms with Crippen LogP contribution in [0.5, 0.6) is 0 Å². The maximum Gasteiger partial charge on any atom is 0.164 e. The van der Waals surface area contributed by atoms with E-state index in [-0.39, 0.29) is 0 Å². The number of furan rings is 1. The highest BCUT2D eigenvalue weighted by Crippen LogP contribution is 2.42. The molecule has 0 fully saturated rings. The Morgan fingerprint density at radius 2 is 0.889 bits per heavy atom. The van der Waals surface area contributed by atoms with Crippen molar-refractivity contribution < 1.29 is 4.42 Å². The van der Waals surface area contributed by atoms with Gasteiger partial charge in [0.2, 0.25) is 0 Å². The van der Waals surface area contributed by atoms with E-state index in [1.54, 1.807) is 0 Å². The third kappa shape index (κ3) is 5.63. The van der Waals surface area contributed by atoms with Crippen LogP contribution in [0, 0.1) is 0 Å². The molecule has 0 saturated heterocycles. The third-order valence-electron chi connectivity index (χ3n) is 13.0. The fraction of sp³-hybridized carbons (Fsp3) is 0. The van der Waals surface area contributed by atoms with Crippen molar-refractivity contribution in [2.24, 2.45) is 0 Å². The number of aromatic nitrogens is 5. The molecule has 4 aromatic heterocycles. The second-order valence-electron chi connectivity index (χ2n) is 17.2. The highest BCUT2D eigenvalue weighted by Gasteiger charge is 2.27. The number of hydrogen-bond donors (Lipinski definition) is 0. The predicted octanol–water partition coefficient (Wildman–Crippen LogP) is 2.52. The molecule has 0 aliphatic carbocycles. The molecule has 4 heterocycles. The number of hydrogen-bond acceptors (Lipinski definition) is 4. The molecule has 0 amide bonds. The van der Waals surface area contributed by atoms with Crippen LogP contribution in [0.4, 0.5) is 0 Å². The predicted molar refractivity (Wildman–Crippen MR) is 281 cm³/mol. The van der Waals surface area contributed by atoms with Crippen LogP contribution in [0.2, 0.25) is 0 Å². The molecule has 0 unspecified atom stereocenters. The topological polar surface area (TPSA) is 61.7 Å². The summed E-state index contributed by atoms with van der Waals surface area (Å²) in [6, 6.07) is 53.3. The Balaban J connectivity index is 1.18. The first-order chi connectivity index (χ1) is 30.7. The number of benzene rings is 8. The fourth-order valence-electron chi connectivity index (χ4n) is 10.3. The molecule has 8 aromatic carbocycles. The van der Waals surface area contributed by atoms with Gasteiger partial charge >= 0.3 is 0 Å². The summed E-state index contributed by atoms with van der Waals surface area (Å²) in [6.45, 7) is 0. The average molecular weight is 801 g/mol. The number of rotatable bonds is 5. The van der Waals surface area contributed by atoms with E-state index in [9.17, 15) is 0 Å². The van der Waals surface area contributed by atoms with Crippen LogP contribution >= 0.6 is 0 Å². The molecule has 12 rings (SSSR count). The summed E-state index contributed by atoms with van der Waals surface area (Å²) < 4.78 is 11.9. The van der Waals surface area contributed by atoms with Gasteiger partial charge in [-0.1, -0.05) is 148 Å². The highest BCUT2D eigenvalue weighted by atomic mass is 16.3. The standard InChI is InChI=1S/C51H37B6N5O/c52-29-22-33-41-43(56)44(57)42-34-23-30(53)25-36(55)46(34)62(48(42)47(41)61(45(33)35(54)24-29)31-15-8-3-9-16-31)37-17-10-18-38-40(37)32-20-19-28(21-39(32)63-38)51-59-49(26-11-4-1-5-12-26)58-50(60-51)27-13-6-2-7-14-27/h1-25H,52-57H2. The van der Waals surface area contributed by atoms with Crippen LogP contribution in [0.15, 0.2) is 156 Å². The quantitative estimate of drug-likeness (QED) is 0.252. The van der Waals surface area contributed by atoms with Gasteiger partial charge in [0.1, 0.15) is 58.2 Å². The molecule has 0 N–H and O–H groups in total. The first-order valence-electron chi connectivity index (χ1n) is 21.6. The van der Waals surface area contributed by atoms with E-state index in [2.05, 4.69) is 147 Å². The molecule has 0 spiro atoms. The molecule has 0 aliphatic heterocycles. The van der Waals surface area contributed by atoms with Gasteiger partial charge in [-0.05, 0) is 36.4 Å². The van der Waals surface area contributed by atoms with Gasteiger partial charge in [0, 0.05) is 60.3 Å². The van der Waals surface area contributed by atoms with E-state index in [1.807, 2.05) is 60.7 Å². The van der Waals surface area contributed by atoms with Gasteiger partial charge in [-0.2, -0.15) is 0 Å². The van der Waals surface area contributed by atoms with Gasteiger partial charge in [-0.15, -0.1) is 0 Å². The lowest BCUT2D eigenvalue weighted by molar-refractivity contribution is 0.669. The number of para-hydroxylation sites is 1. The lowest BCUT2D eigenvalue weighted by Crippen LogP contribution is -2.27. The van der Waals surface area contributed by atoms with Crippen molar-refractivity contribution in [3.8, 4) is 45.5 Å². The maximum absolute atomic E-state index is 6.87. The van der Waals surface area contributed by atoms with Crippen LogP contribution in [-0.4, -0.2) is 71.2 Å². The zero-order chi connectivity index (χ0) is 42.7. The van der Waals surface area contributed by atoms with Crippen LogP contribution < -0.4 is 32.8 Å². The van der Waals surface area contributed by atoms with Crippen molar-refractivity contribution in [1.82, 2.24) is 24.1 Å². The summed E-state index contributed by atoms with van der Waals surface area (Å²) in [6.07, 6.45) is 0. The summed E-state index contributed by atoms with van der Waals surface area (Å²) in [4.78, 5) is 15.0. The summed E-state index contributed by atoms with van der Waals surface area (Å²) in [7, 11) is 13.6. The summed E-state index contributed by atoms with van der Waals surface area (Å²) in [5, 5.41) is 7.20. The summed E-state index contributed by atoms with van der Waals surface area (Å²) in [5.41, 5.74) is 19.0. The number of nitrogens with zero attached hydrogens (tertiary/aromatic N) is 5. The van der Waals surface area contributed by atoms with Gasteiger partial charge in [0.15, 0.2) is 17.5 Å². The Morgan fingerprint density at radius 3 is 1.46 bits per heavy atom. The molecule has 12 heteroatoms. The van der Waals surface area contributed by atoms with E-state index >= 15 is 0 Å². The van der Waals surface area contributed by atoms with Gasteiger partial charge in [-0.25, -0.2) is 15.0 Å². The van der Waals surface area contributed by atoms with E-state index in [4.69, 9.17) is 19.4 Å². The molecule has 0 radical (unpaired) electrons. The normalized spacial score (nSPS) is 11.9. The van der Waals surface area contributed by atoms with Crippen molar-refractivity contribution in [2.45, 2.75) is 0 Å². The largest absolute Gasteiger partial charge is 0.456 e. The molecular weight excluding hydrogens is 763 g/mol. The van der Waals surface area contributed by atoms with Crippen LogP contribution in [0.1, 0.15) is 0 Å². The monoisotopic (exact) mass is 801 g/mol. The first kappa shape index (κ1) is 37.3. The molecule has 290 valence electrons. The third-order valence-corrected chi connectivity index (χ3v) is 13.0. The van der Waals surface area contributed by atoms with Crippen molar-refractivity contribution in [2.75, 3.05) is 0 Å². The zero-order valence-corrected chi connectivity index (χ0v) is 36.1. The minimum atomic E-state index is 0.589. The molecule has 12 aromatic rings. The molecule has 0 bridgehead atoms. The Labute approximate surface area is 369 Å². The second kappa shape index (κ2) is 14.0. The van der Waals surface area contributed by atoms with E-state index in [1.165, 1.54) is 76.4 Å². The summed E-state index contributed by atoms with van der Waals surface area (Å²) in [5.74, 6) is 1.84. The van der Waals surface area contributed by atoms with Crippen molar-refractivity contribution in [1.29, 1.82) is 0 Å². The summed E-state index contributed by atoms with van der Waals surface area (Å²) >= 11 is 0. The van der Waals surface area contributed by atoms with E-state index in [0.717, 1.165) is 50.0 Å². The number of fused-ring (bicyclic) bond motifs is 10. The van der Waals surface area contributed by atoms with E-state index in [0.29, 0.717) is 17.5 Å². The lowest BCUT2D eigenvalue weighted by atomic mass is 9.74. The Kier molecular flexibility index (Phi) is 8.32. The van der Waals surface area contributed by atoms with Crippen LogP contribution in [0.25, 0.3) is 111 Å². The lowest BCUT2D eigenvalue weighted by Gasteiger charge is -2.16. The average Bonchev–Trinajstić information content (AvgIpc) is 3.97. The minimum Gasteiger partial charge on any atom is -0.456 e. The smallest absolute Gasteiger partial charge is 0.164 e. The van der Waals surface area contributed by atoms with Crippen LogP contribution in [0.3, 0.4) is 0 Å². The molecule has 0 atom stereocenters. The fourth-order valence-corrected chi connectivity index (χ4v) is 10.3. The van der Waals surface area contributed by atoms with Crippen molar-refractivity contribution in [3.05, 3.63) is 152 Å². The van der Waals surface area contributed by atoms with Crippen molar-refractivity contribution >= 4 is 145 Å². The van der Waals surface area contributed by atoms with Gasteiger partial charge in [0.25, 0.3) is 0 Å². The SMILES string of the molecule is Bc1cc(B)c2c(c1)c1c(B)c(B)c3c4cc(B)cc(B)c4n(-c4cccc5oc6cc(-c7nc(-c8ccccc8)nc(-c8ccccc8)n7)ccc6c45)c3c1n2-c1ccccc1. The van der Waals surface area contributed by atoms with E-state index < -0.39 is 0 Å². The molecule has 0 aliphatic rings. The molecular formula is C51H37B6N5O. The molecule has 0 saturated carbocycles. The molecule has 63 heavy (non-hydrogen) atoms. The van der Waals surface area contributed by atoms with Gasteiger partial charge < -0.3 is 13.6 Å². The maximum atomic E-state index is 6.87. The van der Waals surface area contributed by atoms with Crippen LogP contribution in [-0.2, 0) is 0 Å². The van der Waals surface area contributed by atoms with Gasteiger partial charge in [-0.3, -0.25) is 0 Å². The van der Waals surface area contributed by atoms with Gasteiger partial charge in [0.05, 0.1) is 22.1 Å². The Hall–Kier alpha value is -7.44. The minimum absolute atomic E-state index is 0.589. The second-order valence-corrected chi connectivity index (χ2v) is 17.2. The Morgan fingerprint density at radius 1 is 0.381 bits per heavy atom. The Bertz CT molecular complexity index is 3810. The van der Waals surface area contributed by atoms with Crippen molar-refractivity contribution in [3.63, 3.8) is 0 Å². The zero-order valence-electron chi connectivity index (χ0n) is 36.1. The first-order valence-corrected chi connectivity index (χ1v) is 21.6.